The van der Waals surface area contributed by atoms with Crippen LogP contribution in [0.25, 0.3) is 22.2 Å². The van der Waals surface area contributed by atoms with Gasteiger partial charge in [-0.05, 0) is 68.1 Å². The zero-order valence-electron chi connectivity index (χ0n) is 19.9. The number of hydrogen-bond donors (Lipinski definition) is 3. The number of benzene rings is 2. The second kappa shape index (κ2) is 9.55. The number of nitrogens with one attached hydrogen (secondary N) is 1. The molecule has 36 heavy (non-hydrogen) atoms. The van der Waals surface area contributed by atoms with E-state index in [0.29, 0.717) is 40.1 Å². The number of aromatic nitrogens is 2. The Morgan fingerprint density at radius 1 is 1.17 bits per heavy atom. The molecule has 0 unspecified atom stereocenters. The highest BCUT2D eigenvalue weighted by molar-refractivity contribution is 7.92. The normalized spacial score (nSPS) is 14.1. The number of rotatable bonds is 8. The van der Waals surface area contributed by atoms with Gasteiger partial charge in [0.25, 0.3) is 0 Å². The molecule has 2 aromatic heterocycles. The summed E-state index contributed by atoms with van der Waals surface area (Å²) in [5.41, 5.74) is 16.7. The summed E-state index contributed by atoms with van der Waals surface area (Å²) in [6.45, 7) is 1.82. The Morgan fingerprint density at radius 2 is 1.97 bits per heavy atom. The molecule has 0 radical (unpaired) electrons. The third-order valence-electron chi connectivity index (χ3n) is 6.44. The molecule has 4 aromatic rings. The minimum Gasteiger partial charge on any atom is -0.437 e. The van der Waals surface area contributed by atoms with Crippen LogP contribution >= 0.6 is 11.6 Å². The van der Waals surface area contributed by atoms with E-state index in [1.54, 1.807) is 30.5 Å². The van der Waals surface area contributed by atoms with Crippen molar-refractivity contribution in [1.29, 1.82) is 0 Å². The third kappa shape index (κ3) is 4.56. The number of hydrogen-bond acceptors (Lipinski definition) is 6. The van der Waals surface area contributed by atoms with Gasteiger partial charge in [0.2, 0.25) is 15.9 Å². The number of nitrogens with two attached hydrogens (primary N) is 2. The van der Waals surface area contributed by atoms with Crippen molar-refractivity contribution in [2.75, 3.05) is 21.9 Å². The summed E-state index contributed by atoms with van der Waals surface area (Å²) in [7, 11) is -3.42. The molecule has 5 rings (SSSR count). The number of nitrogens with zero attached hydrogens (tertiary/aromatic N) is 2. The first-order valence-corrected chi connectivity index (χ1v) is 13.9. The third-order valence-corrected chi connectivity index (χ3v) is 8.25. The van der Waals surface area contributed by atoms with Gasteiger partial charge in [0.05, 0.1) is 33.4 Å². The van der Waals surface area contributed by atoms with E-state index in [1.807, 2.05) is 31.2 Å². The molecule has 0 aliphatic heterocycles. The highest BCUT2D eigenvalue weighted by Crippen LogP contribution is 2.47. The van der Waals surface area contributed by atoms with E-state index in [-0.39, 0.29) is 11.8 Å². The topological polar surface area (TPSA) is 125 Å². The molecule has 0 atom stereocenters. The summed E-state index contributed by atoms with van der Waals surface area (Å²) >= 11 is 6.71. The van der Waals surface area contributed by atoms with Gasteiger partial charge in [-0.15, -0.1) is 0 Å². The van der Waals surface area contributed by atoms with E-state index < -0.39 is 10.0 Å². The van der Waals surface area contributed by atoms with Crippen molar-refractivity contribution < 1.29 is 13.2 Å². The number of nitrogen functional groups attached to an aromatic ring is 2. The molecule has 1 saturated carbocycles. The summed E-state index contributed by atoms with van der Waals surface area (Å²) in [6.07, 6.45) is 5.35. The van der Waals surface area contributed by atoms with Gasteiger partial charge in [-0.1, -0.05) is 18.5 Å². The van der Waals surface area contributed by atoms with Crippen LogP contribution < -0.4 is 20.9 Å². The average Bonchev–Trinajstić information content (AvgIpc) is 3.06. The molecular weight excluding hydrogens is 498 g/mol. The van der Waals surface area contributed by atoms with Gasteiger partial charge in [-0.2, -0.15) is 0 Å². The van der Waals surface area contributed by atoms with Crippen LogP contribution in [0.3, 0.4) is 0 Å². The van der Waals surface area contributed by atoms with E-state index in [4.69, 9.17) is 27.8 Å². The number of ether oxygens (including phenoxy) is 1. The zero-order chi connectivity index (χ0) is 25.4. The van der Waals surface area contributed by atoms with Crippen molar-refractivity contribution >= 4 is 49.6 Å². The Balaban J connectivity index is 1.59. The van der Waals surface area contributed by atoms with Crippen molar-refractivity contribution in [3.05, 3.63) is 59.8 Å². The van der Waals surface area contributed by atoms with Gasteiger partial charge in [0.1, 0.15) is 5.75 Å². The van der Waals surface area contributed by atoms with Gasteiger partial charge in [-0.25, -0.2) is 13.4 Å². The van der Waals surface area contributed by atoms with Crippen LogP contribution in [0.4, 0.5) is 17.1 Å². The molecule has 1 aliphatic rings. The Bertz CT molecular complexity index is 1550. The Labute approximate surface area is 215 Å². The largest absolute Gasteiger partial charge is 0.437 e. The van der Waals surface area contributed by atoms with E-state index in [1.165, 1.54) is 0 Å². The van der Waals surface area contributed by atoms with Gasteiger partial charge in [0, 0.05) is 34.9 Å². The molecule has 5 N–H and O–H groups in total. The van der Waals surface area contributed by atoms with Gasteiger partial charge in [0.15, 0.2) is 0 Å². The van der Waals surface area contributed by atoms with E-state index in [0.717, 1.165) is 41.4 Å². The zero-order valence-corrected chi connectivity index (χ0v) is 21.4. The first kappa shape index (κ1) is 24.3. The number of halogens is 1. The van der Waals surface area contributed by atoms with Crippen LogP contribution in [-0.4, -0.2) is 23.7 Å². The number of anilines is 3. The summed E-state index contributed by atoms with van der Waals surface area (Å²) in [5.74, 6) is 0.990. The molecule has 1 fully saturated rings. The van der Waals surface area contributed by atoms with Crippen LogP contribution in [-0.2, 0) is 10.0 Å². The first-order valence-electron chi connectivity index (χ1n) is 11.9. The van der Waals surface area contributed by atoms with Crippen molar-refractivity contribution in [1.82, 2.24) is 9.55 Å². The summed E-state index contributed by atoms with van der Waals surface area (Å²) in [5, 5.41) is 1.31. The molecule has 10 heteroatoms. The first-order chi connectivity index (χ1) is 17.3. The maximum Gasteiger partial charge on any atom is 0.242 e. The molecule has 0 amide bonds. The molecule has 1 aliphatic carbocycles. The fourth-order valence-electron chi connectivity index (χ4n) is 4.55. The molecule has 2 aromatic carbocycles. The molecule has 2 heterocycles. The quantitative estimate of drug-likeness (QED) is 0.252. The lowest BCUT2D eigenvalue weighted by Gasteiger charge is -2.30. The summed E-state index contributed by atoms with van der Waals surface area (Å²) < 4.78 is 35.2. The maximum absolute atomic E-state index is 12.2. The molecule has 8 nitrogen and oxygen atoms in total. The SMILES string of the molecule is CCCS(=O)(=O)Nc1ccc(-c2c(N)c3ccc(Oc4ncccc4N)cc3n2C2CCC2)c(Cl)c1. The Morgan fingerprint density at radius 3 is 2.64 bits per heavy atom. The lowest BCUT2D eigenvalue weighted by molar-refractivity contribution is 0.324. The van der Waals surface area contributed by atoms with Crippen LogP contribution in [0.5, 0.6) is 11.6 Å². The standard InChI is InChI=1S/C26H28ClN5O3S/c1-2-13-36(33,34)31-16-8-10-19(21(27)14-16)25-24(29)20-11-9-18(35-26-22(28)7-4-12-30-26)15-23(20)32(25)17-5-3-6-17/h4,7-12,14-15,17,31H,2-3,5-6,13,28-29H2,1H3. The number of pyridine rings is 1. The van der Waals surface area contributed by atoms with Gasteiger partial charge >= 0.3 is 0 Å². The van der Waals surface area contributed by atoms with Crippen molar-refractivity contribution in [2.45, 2.75) is 38.6 Å². The molecule has 0 bridgehead atoms. The average molecular weight is 526 g/mol. The van der Waals surface area contributed by atoms with Crippen molar-refractivity contribution in [3.63, 3.8) is 0 Å². The molecule has 0 saturated heterocycles. The van der Waals surface area contributed by atoms with Gasteiger partial charge < -0.3 is 20.8 Å². The van der Waals surface area contributed by atoms with Crippen molar-refractivity contribution in [2.24, 2.45) is 0 Å². The highest BCUT2D eigenvalue weighted by Gasteiger charge is 2.28. The molecule has 0 spiro atoms. The second-order valence-electron chi connectivity index (χ2n) is 9.01. The Hall–Kier alpha value is -3.43. The van der Waals surface area contributed by atoms with E-state index in [2.05, 4.69) is 14.3 Å². The smallest absolute Gasteiger partial charge is 0.242 e. The van der Waals surface area contributed by atoms with Crippen LogP contribution in [0.2, 0.25) is 5.02 Å². The predicted octanol–water partition coefficient (Wildman–Crippen LogP) is 6.19. The second-order valence-corrected chi connectivity index (χ2v) is 11.3. The van der Waals surface area contributed by atoms with Crippen molar-refractivity contribution in [3.8, 4) is 22.9 Å². The lowest BCUT2D eigenvalue weighted by atomic mass is 9.92. The van der Waals surface area contributed by atoms with Crippen LogP contribution in [0, 0.1) is 0 Å². The van der Waals surface area contributed by atoms with Gasteiger partial charge in [-0.3, -0.25) is 4.72 Å². The molecule has 188 valence electrons. The number of sulfonamides is 1. The fourth-order valence-corrected chi connectivity index (χ4v) is 5.94. The fraction of sp³-hybridized carbons (Fsp3) is 0.269. The summed E-state index contributed by atoms with van der Waals surface area (Å²) in [6, 6.07) is 14.6. The number of fused-ring (bicyclic) bond motifs is 1. The van der Waals surface area contributed by atoms with E-state index in [9.17, 15) is 8.42 Å². The van der Waals surface area contributed by atoms with Crippen LogP contribution in [0.15, 0.2) is 54.7 Å². The minimum atomic E-state index is -3.42. The predicted molar refractivity (Wildman–Crippen MR) is 146 cm³/mol. The summed E-state index contributed by atoms with van der Waals surface area (Å²) in [4.78, 5) is 4.22. The molecular formula is C26H28ClN5O3S. The Kier molecular flexibility index (Phi) is 6.44. The lowest BCUT2D eigenvalue weighted by Crippen LogP contribution is -2.18. The maximum atomic E-state index is 12.2. The van der Waals surface area contributed by atoms with E-state index >= 15 is 0 Å². The minimum absolute atomic E-state index is 0.0454. The highest BCUT2D eigenvalue weighted by atomic mass is 35.5. The monoisotopic (exact) mass is 525 g/mol. The van der Waals surface area contributed by atoms with Crippen LogP contribution in [0.1, 0.15) is 38.6 Å².